The van der Waals surface area contributed by atoms with Crippen LogP contribution in [0.3, 0.4) is 0 Å². The van der Waals surface area contributed by atoms with Crippen molar-refractivity contribution >= 4 is 5.97 Å². The lowest BCUT2D eigenvalue weighted by atomic mass is 9.48. The number of hydrogen-bond donors (Lipinski definition) is 2. The van der Waals surface area contributed by atoms with Gasteiger partial charge in [-0.3, -0.25) is 4.79 Å². The second-order valence-electron chi connectivity index (χ2n) is 8.74. The van der Waals surface area contributed by atoms with Crippen molar-refractivity contribution in [2.75, 3.05) is 0 Å². The zero-order valence-corrected chi connectivity index (χ0v) is 15.1. The Morgan fingerprint density at radius 1 is 1.12 bits per heavy atom. The summed E-state index contributed by atoms with van der Waals surface area (Å²) in [6.07, 6.45) is -3.74. The lowest BCUT2D eigenvalue weighted by Gasteiger charge is -2.51. The summed E-state index contributed by atoms with van der Waals surface area (Å²) in [5.74, 6) is -0.739. The Labute approximate surface area is 149 Å². The van der Waals surface area contributed by atoms with Crippen LogP contribution in [0.5, 0.6) is 0 Å². The first-order valence-electron chi connectivity index (χ1n) is 9.04. The molecule has 2 N–H and O–H groups in total. The molecule has 0 bridgehead atoms. The first kappa shape index (κ1) is 16.5. The molecular weight excluding hydrogens is 340 g/mol. The van der Waals surface area contributed by atoms with Gasteiger partial charge in [0.25, 0.3) is 0 Å². The van der Waals surface area contributed by atoms with Gasteiger partial charge >= 0.3 is 11.6 Å². The number of fused-ring (bicyclic) bond motifs is 4. The van der Waals surface area contributed by atoms with E-state index < -0.39 is 52.8 Å². The fourth-order valence-corrected chi connectivity index (χ4v) is 5.85. The standard InChI is InChI=1S/C19H22O7/c1-6(2)11-9-7(5-8(20)24-11)18(3)14-12(10(9)21)26-17(23)19(14,4)15(22)13-16(18)25-13/h5-6,10,12-16,21-22H,1-4H3/t10-,12-,13-,14-,15-,16+,18-,19-/m1/s1. The number of rotatable bonds is 1. The molecule has 2 aliphatic heterocycles. The highest BCUT2D eigenvalue weighted by Crippen LogP contribution is 2.68. The van der Waals surface area contributed by atoms with E-state index in [1.165, 1.54) is 6.07 Å². The van der Waals surface area contributed by atoms with Gasteiger partial charge in [-0.05, 0) is 12.5 Å². The van der Waals surface area contributed by atoms with E-state index in [0.717, 1.165) is 0 Å². The molecule has 0 amide bonds. The molecular formula is C19H22O7. The zero-order valence-electron chi connectivity index (χ0n) is 15.1. The second-order valence-corrected chi connectivity index (χ2v) is 8.74. The van der Waals surface area contributed by atoms with Gasteiger partial charge in [0.15, 0.2) is 0 Å². The molecule has 2 saturated heterocycles. The number of esters is 1. The van der Waals surface area contributed by atoms with Crippen LogP contribution < -0.4 is 5.63 Å². The van der Waals surface area contributed by atoms with Gasteiger partial charge < -0.3 is 24.1 Å². The molecule has 7 heteroatoms. The smallest absolute Gasteiger partial charge is 0.336 e. The second kappa shape index (κ2) is 4.58. The van der Waals surface area contributed by atoms with E-state index >= 15 is 0 Å². The van der Waals surface area contributed by atoms with Crippen LogP contribution in [-0.4, -0.2) is 40.6 Å². The van der Waals surface area contributed by atoms with Gasteiger partial charge in [0.05, 0.1) is 12.2 Å². The largest absolute Gasteiger partial charge is 0.458 e. The van der Waals surface area contributed by atoms with Crippen molar-refractivity contribution in [3.8, 4) is 0 Å². The highest BCUT2D eigenvalue weighted by molar-refractivity contribution is 5.82. The van der Waals surface area contributed by atoms with Crippen LogP contribution >= 0.6 is 0 Å². The van der Waals surface area contributed by atoms with Crippen molar-refractivity contribution in [1.82, 2.24) is 0 Å². The Morgan fingerprint density at radius 2 is 1.81 bits per heavy atom. The molecule has 0 unspecified atom stereocenters. The lowest BCUT2D eigenvalue weighted by Crippen LogP contribution is -2.62. The average molecular weight is 362 g/mol. The minimum Gasteiger partial charge on any atom is -0.458 e. The van der Waals surface area contributed by atoms with Crippen LogP contribution in [0.2, 0.25) is 0 Å². The van der Waals surface area contributed by atoms with Crippen molar-refractivity contribution in [2.24, 2.45) is 11.3 Å². The van der Waals surface area contributed by atoms with Crippen LogP contribution in [0.4, 0.5) is 0 Å². The third-order valence-corrected chi connectivity index (χ3v) is 7.09. The number of aliphatic hydroxyl groups excluding tert-OH is 2. The van der Waals surface area contributed by atoms with Gasteiger partial charge in [0, 0.05) is 28.9 Å². The van der Waals surface area contributed by atoms with E-state index in [9.17, 15) is 19.8 Å². The average Bonchev–Trinajstić information content (AvgIpc) is 3.33. The molecule has 5 rings (SSSR count). The normalized spacial score (nSPS) is 47.9. The first-order chi connectivity index (χ1) is 12.1. The van der Waals surface area contributed by atoms with Crippen molar-refractivity contribution < 1.29 is 28.9 Å². The summed E-state index contributed by atoms with van der Waals surface area (Å²) in [5, 5.41) is 21.8. The summed E-state index contributed by atoms with van der Waals surface area (Å²) in [4.78, 5) is 25.0. The van der Waals surface area contributed by atoms with E-state index in [4.69, 9.17) is 13.9 Å². The summed E-state index contributed by atoms with van der Waals surface area (Å²) in [6.45, 7) is 7.38. The highest BCUT2D eigenvalue weighted by Gasteiger charge is 2.79. The van der Waals surface area contributed by atoms with Crippen molar-refractivity contribution in [3.63, 3.8) is 0 Å². The SMILES string of the molecule is CC(C)c1oc(=O)cc2c1[C@@H](O)[C@H]1OC(=O)[C@@]3(C)[C@H](O)[C@H]4O[C@@H]4[C@@]2(C)[C@@H]13. The number of epoxide rings is 1. The Morgan fingerprint density at radius 3 is 2.46 bits per heavy atom. The summed E-state index contributed by atoms with van der Waals surface area (Å²) >= 11 is 0. The molecule has 2 aliphatic carbocycles. The first-order valence-corrected chi connectivity index (χ1v) is 9.04. The van der Waals surface area contributed by atoms with Crippen molar-refractivity contribution in [2.45, 2.75) is 69.5 Å². The molecule has 3 heterocycles. The summed E-state index contributed by atoms with van der Waals surface area (Å²) in [5.41, 5.74) is -1.25. The van der Waals surface area contributed by atoms with E-state index in [-0.39, 0.29) is 12.0 Å². The Kier molecular flexibility index (Phi) is 2.90. The summed E-state index contributed by atoms with van der Waals surface area (Å²) in [7, 11) is 0. The predicted molar refractivity (Wildman–Crippen MR) is 87.5 cm³/mol. The van der Waals surface area contributed by atoms with Gasteiger partial charge in [0.2, 0.25) is 0 Å². The van der Waals surface area contributed by atoms with Crippen LogP contribution in [0.25, 0.3) is 0 Å². The minimum absolute atomic E-state index is 0.124. The summed E-state index contributed by atoms with van der Waals surface area (Å²) in [6, 6.07) is 1.40. The zero-order chi connectivity index (χ0) is 18.8. The van der Waals surface area contributed by atoms with Gasteiger partial charge in [0.1, 0.15) is 29.5 Å². The maximum atomic E-state index is 12.7. The van der Waals surface area contributed by atoms with Crippen molar-refractivity contribution in [3.05, 3.63) is 33.4 Å². The van der Waals surface area contributed by atoms with Crippen LogP contribution in [0.1, 0.15) is 56.6 Å². The van der Waals surface area contributed by atoms with Crippen LogP contribution in [0, 0.1) is 11.3 Å². The molecule has 1 aromatic heterocycles. The molecule has 0 aromatic carbocycles. The molecule has 1 saturated carbocycles. The molecule has 3 fully saturated rings. The lowest BCUT2D eigenvalue weighted by molar-refractivity contribution is -0.156. The Bertz CT molecular complexity index is 888. The Balaban J connectivity index is 1.85. The maximum Gasteiger partial charge on any atom is 0.336 e. The van der Waals surface area contributed by atoms with Gasteiger partial charge in [-0.1, -0.05) is 20.8 Å². The number of carbonyl (C=O) groups is 1. The van der Waals surface area contributed by atoms with Crippen LogP contribution in [-0.2, 0) is 19.7 Å². The third-order valence-electron chi connectivity index (χ3n) is 7.09. The topological polar surface area (TPSA) is 110 Å². The molecule has 0 spiro atoms. The number of aliphatic hydroxyl groups is 2. The minimum atomic E-state index is -1.19. The molecule has 1 aromatic rings. The maximum absolute atomic E-state index is 12.7. The molecule has 4 aliphatic rings. The monoisotopic (exact) mass is 362 g/mol. The molecule has 0 radical (unpaired) electrons. The fraction of sp³-hybridized carbons (Fsp3) is 0.684. The third kappa shape index (κ3) is 1.57. The number of carbonyl (C=O) groups excluding carboxylic acids is 1. The number of hydrogen-bond acceptors (Lipinski definition) is 7. The van der Waals surface area contributed by atoms with E-state index in [1.54, 1.807) is 6.92 Å². The van der Waals surface area contributed by atoms with Gasteiger partial charge in [-0.2, -0.15) is 0 Å². The van der Waals surface area contributed by atoms with E-state index in [0.29, 0.717) is 16.9 Å². The van der Waals surface area contributed by atoms with E-state index in [1.807, 2.05) is 20.8 Å². The fourth-order valence-electron chi connectivity index (χ4n) is 5.85. The van der Waals surface area contributed by atoms with Gasteiger partial charge in [-0.25, -0.2) is 4.79 Å². The molecule has 8 atom stereocenters. The van der Waals surface area contributed by atoms with Crippen LogP contribution in [0.15, 0.2) is 15.3 Å². The summed E-state index contributed by atoms with van der Waals surface area (Å²) < 4.78 is 16.8. The molecule has 7 nitrogen and oxygen atoms in total. The predicted octanol–water partition coefficient (Wildman–Crippen LogP) is 0.758. The van der Waals surface area contributed by atoms with E-state index in [2.05, 4.69) is 0 Å². The molecule has 26 heavy (non-hydrogen) atoms. The van der Waals surface area contributed by atoms with Gasteiger partial charge in [-0.15, -0.1) is 0 Å². The highest BCUT2D eigenvalue weighted by atomic mass is 16.6. The Hall–Kier alpha value is -1.70. The number of ether oxygens (including phenoxy) is 2. The molecule has 140 valence electrons. The van der Waals surface area contributed by atoms with Crippen molar-refractivity contribution in [1.29, 1.82) is 0 Å². The quantitative estimate of drug-likeness (QED) is 0.560.